The molecule has 4 aromatic rings. The molecule has 9 heteroatoms. The molecule has 2 aromatic carbocycles. The van der Waals surface area contributed by atoms with Crippen molar-refractivity contribution in [3.05, 3.63) is 59.2 Å². The van der Waals surface area contributed by atoms with Gasteiger partial charge >= 0.3 is 0 Å². The third-order valence-electron chi connectivity index (χ3n) is 6.25. The first-order valence-electron chi connectivity index (χ1n) is 11.5. The van der Waals surface area contributed by atoms with E-state index < -0.39 is 0 Å². The molecule has 0 spiro atoms. The van der Waals surface area contributed by atoms with Crippen molar-refractivity contribution in [2.75, 3.05) is 39.7 Å². The van der Waals surface area contributed by atoms with E-state index in [1.165, 1.54) is 39.9 Å². The lowest BCUT2D eigenvalue weighted by atomic mass is 10.1. The number of fused-ring (bicyclic) bond motifs is 1. The molecular formula is C26H28N4O4S. The summed E-state index contributed by atoms with van der Waals surface area (Å²) < 4.78 is 18.3. The first-order chi connectivity index (χ1) is 17.1. The number of imidazole rings is 1. The smallest absolute Gasteiger partial charge is 0.255 e. The summed E-state index contributed by atoms with van der Waals surface area (Å²) in [6.07, 6.45) is 4.59. The molecule has 35 heavy (non-hydrogen) atoms. The standard InChI is InChI=1S/C26H28N4O4S/c1-32-22-12-17(13-23(33-2)24(22)34-3)25(31)27-20-9-5-4-8-19(20)21-15-30-18(16-35-26(30)28-21)14-29-10-6-7-11-29/h4-5,8-9,12-13,15-16H,6-7,10-11,14H2,1-3H3,(H,27,31). The van der Waals surface area contributed by atoms with Gasteiger partial charge in [0.15, 0.2) is 16.5 Å². The van der Waals surface area contributed by atoms with Gasteiger partial charge in [0.25, 0.3) is 5.91 Å². The summed E-state index contributed by atoms with van der Waals surface area (Å²) in [7, 11) is 4.58. The Morgan fingerprint density at radius 2 is 1.77 bits per heavy atom. The highest BCUT2D eigenvalue weighted by Crippen LogP contribution is 2.38. The molecule has 1 aliphatic rings. The largest absolute Gasteiger partial charge is 0.493 e. The van der Waals surface area contributed by atoms with Gasteiger partial charge in [0, 0.05) is 34.9 Å². The fourth-order valence-electron chi connectivity index (χ4n) is 4.46. The number of anilines is 1. The average Bonchev–Trinajstić information content (AvgIpc) is 3.62. The third-order valence-corrected chi connectivity index (χ3v) is 7.13. The molecule has 8 nitrogen and oxygen atoms in total. The number of thiazole rings is 1. The quantitative estimate of drug-likeness (QED) is 0.376. The van der Waals surface area contributed by atoms with E-state index in [2.05, 4.69) is 26.2 Å². The van der Waals surface area contributed by atoms with Crippen molar-refractivity contribution in [2.45, 2.75) is 19.4 Å². The van der Waals surface area contributed by atoms with Crippen LogP contribution in [-0.2, 0) is 6.54 Å². The van der Waals surface area contributed by atoms with Gasteiger partial charge in [0.05, 0.1) is 32.7 Å². The van der Waals surface area contributed by atoms with Gasteiger partial charge in [-0.1, -0.05) is 18.2 Å². The van der Waals surface area contributed by atoms with Gasteiger partial charge in [-0.2, -0.15) is 0 Å². The summed E-state index contributed by atoms with van der Waals surface area (Å²) >= 11 is 1.64. The predicted molar refractivity (Wildman–Crippen MR) is 137 cm³/mol. The number of rotatable bonds is 8. The zero-order chi connectivity index (χ0) is 24.4. The van der Waals surface area contributed by atoms with Crippen LogP contribution in [0.5, 0.6) is 17.2 Å². The van der Waals surface area contributed by atoms with Crippen molar-refractivity contribution in [3.8, 4) is 28.5 Å². The Bertz CT molecular complexity index is 1330. The fraction of sp³-hybridized carbons (Fsp3) is 0.308. The van der Waals surface area contributed by atoms with Crippen molar-refractivity contribution in [1.29, 1.82) is 0 Å². The average molecular weight is 493 g/mol. The molecule has 3 heterocycles. The molecule has 0 unspecified atom stereocenters. The SMILES string of the molecule is COc1cc(C(=O)Nc2ccccc2-c2cn3c(CN4CCCC4)csc3n2)cc(OC)c1OC. The minimum atomic E-state index is -0.285. The van der Waals surface area contributed by atoms with Crippen molar-refractivity contribution in [2.24, 2.45) is 0 Å². The van der Waals surface area contributed by atoms with Crippen LogP contribution in [0.2, 0.25) is 0 Å². The lowest BCUT2D eigenvalue weighted by Crippen LogP contribution is -2.19. The Morgan fingerprint density at radius 1 is 1.06 bits per heavy atom. The maximum atomic E-state index is 13.2. The van der Waals surface area contributed by atoms with Gasteiger partial charge in [-0.05, 0) is 44.1 Å². The van der Waals surface area contributed by atoms with E-state index in [-0.39, 0.29) is 5.91 Å². The van der Waals surface area contributed by atoms with Crippen molar-refractivity contribution < 1.29 is 19.0 Å². The molecule has 0 aliphatic carbocycles. The second-order valence-corrected chi connectivity index (χ2v) is 9.24. The summed E-state index contributed by atoms with van der Waals surface area (Å²) in [5.74, 6) is 0.998. The zero-order valence-electron chi connectivity index (χ0n) is 20.0. The van der Waals surface area contributed by atoms with Crippen LogP contribution in [0.4, 0.5) is 5.69 Å². The number of carbonyl (C=O) groups is 1. The van der Waals surface area contributed by atoms with E-state index >= 15 is 0 Å². The molecule has 1 amide bonds. The highest BCUT2D eigenvalue weighted by Gasteiger charge is 2.20. The Morgan fingerprint density at radius 3 is 2.46 bits per heavy atom. The van der Waals surface area contributed by atoms with Crippen LogP contribution in [0.1, 0.15) is 28.9 Å². The molecule has 0 radical (unpaired) electrons. The van der Waals surface area contributed by atoms with Gasteiger partial charge in [0.1, 0.15) is 0 Å². The summed E-state index contributed by atoms with van der Waals surface area (Å²) in [5, 5.41) is 5.21. The number of amides is 1. The number of hydrogen-bond acceptors (Lipinski definition) is 7. The van der Waals surface area contributed by atoms with Crippen LogP contribution < -0.4 is 19.5 Å². The van der Waals surface area contributed by atoms with E-state index in [9.17, 15) is 4.79 Å². The van der Waals surface area contributed by atoms with E-state index in [0.717, 1.165) is 35.9 Å². The Balaban J connectivity index is 1.43. The van der Waals surface area contributed by atoms with Crippen LogP contribution in [-0.4, -0.2) is 54.6 Å². The summed E-state index contributed by atoms with van der Waals surface area (Å²) in [6.45, 7) is 3.22. The maximum Gasteiger partial charge on any atom is 0.255 e. The minimum absolute atomic E-state index is 0.285. The molecule has 0 saturated carbocycles. The van der Waals surface area contributed by atoms with E-state index in [0.29, 0.717) is 28.5 Å². The van der Waals surface area contributed by atoms with Gasteiger partial charge in [-0.15, -0.1) is 11.3 Å². The number of benzene rings is 2. The van der Waals surface area contributed by atoms with E-state index in [1.807, 2.05) is 24.3 Å². The Hall–Kier alpha value is -3.56. The van der Waals surface area contributed by atoms with Crippen molar-refractivity contribution >= 4 is 27.9 Å². The molecule has 1 aliphatic heterocycles. The molecule has 0 atom stereocenters. The third kappa shape index (κ3) is 4.56. The highest BCUT2D eigenvalue weighted by atomic mass is 32.1. The highest BCUT2D eigenvalue weighted by molar-refractivity contribution is 7.15. The minimum Gasteiger partial charge on any atom is -0.493 e. The number of para-hydroxylation sites is 1. The van der Waals surface area contributed by atoms with Crippen LogP contribution in [0, 0.1) is 0 Å². The predicted octanol–water partition coefficient (Wildman–Crippen LogP) is 4.94. The number of ether oxygens (including phenoxy) is 3. The molecule has 182 valence electrons. The first kappa shape index (κ1) is 23.2. The number of aromatic nitrogens is 2. The van der Waals surface area contributed by atoms with Gasteiger partial charge in [-0.3, -0.25) is 14.1 Å². The maximum absolute atomic E-state index is 13.2. The molecule has 0 bridgehead atoms. The van der Waals surface area contributed by atoms with Crippen LogP contribution in [0.15, 0.2) is 48.0 Å². The summed E-state index contributed by atoms with van der Waals surface area (Å²) in [6, 6.07) is 11.0. The molecule has 2 aromatic heterocycles. The van der Waals surface area contributed by atoms with Crippen molar-refractivity contribution in [1.82, 2.24) is 14.3 Å². The Kier molecular flexibility index (Phi) is 6.61. The second kappa shape index (κ2) is 9.97. The summed E-state index contributed by atoms with van der Waals surface area (Å²) in [5.41, 5.74) is 3.99. The number of nitrogens with one attached hydrogen (secondary N) is 1. The zero-order valence-corrected chi connectivity index (χ0v) is 20.9. The van der Waals surface area contributed by atoms with Crippen molar-refractivity contribution in [3.63, 3.8) is 0 Å². The van der Waals surface area contributed by atoms with Crippen LogP contribution >= 0.6 is 11.3 Å². The van der Waals surface area contributed by atoms with Gasteiger partial charge in [-0.25, -0.2) is 4.98 Å². The molecule has 1 fully saturated rings. The fourth-order valence-corrected chi connectivity index (χ4v) is 5.33. The number of hydrogen-bond donors (Lipinski definition) is 1. The van der Waals surface area contributed by atoms with E-state index in [1.54, 1.807) is 23.5 Å². The van der Waals surface area contributed by atoms with E-state index in [4.69, 9.17) is 19.2 Å². The number of carbonyl (C=O) groups excluding carboxylic acids is 1. The number of nitrogens with zero attached hydrogens (tertiary/aromatic N) is 3. The monoisotopic (exact) mass is 492 g/mol. The second-order valence-electron chi connectivity index (χ2n) is 8.40. The normalized spacial score (nSPS) is 13.8. The van der Waals surface area contributed by atoms with Gasteiger partial charge < -0.3 is 19.5 Å². The lowest BCUT2D eigenvalue weighted by molar-refractivity contribution is 0.102. The lowest BCUT2D eigenvalue weighted by Gasteiger charge is -2.15. The van der Waals surface area contributed by atoms with Gasteiger partial charge in [0.2, 0.25) is 5.75 Å². The molecular weight excluding hydrogens is 464 g/mol. The molecule has 5 rings (SSSR count). The molecule has 1 saturated heterocycles. The first-order valence-corrected chi connectivity index (χ1v) is 12.4. The number of methoxy groups -OCH3 is 3. The summed E-state index contributed by atoms with van der Waals surface area (Å²) in [4.78, 5) is 21.5. The topological polar surface area (TPSA) is 77.3 Å². The number of likely N-dealkylation sites (tertiary alicyclic amines) is 1. The van der Waals surface area contributed by atoms with Crippen LogP contribution in [0.3, 0.4) is 0 Å². The Labute approximate surface area is 208 Å². The van der Waals surface area contributed by atoms with Crippen LogP contribution in [0.25, 0.3) is 16.2 Å². The molecule has 1 N–H and O–H groups in total.